The maximum atomic E-state index is 12.5. The molecule has 2 rings (SSSR count). The number of hydrogen-bond donors (Lipinski definition) is 1. The molecule has 7 nitrogen and oxygen atoms in total. The van der Waals surface area contributed by atoms with Gasteiger partial charge in [0.15, 0.2) is 0 Å². The molecule has 142 valence electrons. The summed E-state index contributed by atoms with van der Waals surface area (Å²) in [6.07, 6.45) is 1.71. The summed E-state index contributed by atoms with van der Waals surface area (Å²) in [7, 11) is -7.19. The van der Waals surface area contributed by atoms with Crippen LogP contribution in [0.1, 0.15) is 30.9 Å². The SMILES string of the molecule is CCOc1cc(C)c(S(=O)(=O)NCCS(=O)(=O)N2CCCC2)cc1C. The summed E-state index contributed by atoms with van der Waals surface area (Å²) in [6.45, 7) is 6.73. The molecule has 0 unspecified atom stereocenters. The number of aryl methyl sites for hydroxylation is 2. The molecule has 0 atom stereocenters. The molecule has 0 saturated carbocycles. The molecule has 1 heterocycles. The summed E-state index contributed by atoms with van der Waals surface area (Å²) in [4.78, 5) is 0.145. The van der Waals surface area contributed by atoms with Crippen LogP contribution in [0, 0.1) is 13.8 Å². The Balaban J connectivity index is 2.08. The highest BCUT2D eigenvalue weighted by atomic mass is 32.2. The van der Waals surface area contributed by atoms with Gasteiger partial charge in [0.2, 0.25) is 20.0 Å². The van der Waals surface area contributed by atoms with Gasteiger partial charge in [0.1, 0.15) is 5.75 Å². The van der Waals surface area contributed by atoms with Crippen molar-refractivity contribution in [3.8, 4) is 5.75 Å². The lowest BCUT2D eigenvalue weighted by Crippen LogP contribution is -2.36. The zero-order valence-corrected chi connectivity index (χ0v) is 16.5. The van der Waals surface area contributed by atoms with E-state index in [1.54, 1.807) is 26.0 Å². The Labute approximate surface area is 150 Å². The Hall–Kier alpha value is -1.16. The minimum absolute atomic E-state index is 0.145. The van der Waals surface area contributed by atoms with Gasteiger partial charge in [-0.1, -0.05) is 0 Å². The highest BCUT2D eigenvalue weighted by Crippen LogP contribution is 2.25. The van der Waals surface area contributed by atoms with Crippen molar-refractivity contribution in [1.82, 2.24) is 9.03 Å². The van der Waals surface area contributed by atoms with Gasteiger partial charge < -0.3 is 4.74 Å². The van der Waals surface area contributed by atoms with E-state index in [2.05, 4.69) is 4.72 Å². The van der Waals surface area contributed by atoms with Crippen molar-refractivity contribution in [3.05, 3.63) is 23.3 Å². The fraction of sp³-hybridized carbons (Fsp3) is 0.625. The maximum absolute atomic E-state index is 12.5. The predicted octanol–water partition coefficient (Wildman–Crippen LogP) is 1.41. The van der Waals surface area contributed by atoms with E-state index in [-0.39, 0.29) is 17.2 Å². The fourth-order valence-electron chi connectivity index (χ4n) is 2.84. The van der Waals surface area contributed by atoms with E-state index in [0.29, 0.717) is 31.0 Å². The molecular weight excluding hydrogens is 364 g/mol. The molecule has 1 N–H and O–H groups in total. The maximum Gasteiger partial charge on any atom is 0.240 e. The van der Waals surface area contributed by atoms with Crippen LogP contribution < -0.4 is 9.46 Å². The van der Waals surface area contributed by atoms with E-state index in [1.807, 2.05) is 6.92 Å². The van der Waals surface area contributed by atoms with Crippen molar-refractivity contribution < 1.29 is 21.6 Å². The second-order valence-electron chi connectivity index (χ2n) is 6.14. The first-order chi connectivity index (χ1) is 11.7. The summed E-state index contributed by atoms with van der Waals surface area (Å²) < 4.78 is 58.7. The topological polar surface area (TPSA) is 92.8 Å². The molecule has 0 bridgehead atoms. The highest BCUT2D eigenvalue weighted by molar-refractivity contribution is 7.90. The van der Waals surface area contributed by atoms with Gasteiger partial charge >= 0.3 is 0 Å². The van der Waals surface area contributed by atoms with Crippen LogP contribution in [0.15, 0.2) is 17.0 Å². The number of nitrogens with zero attached hydrogens (tertiary/aromatic N) is 1. The van der Waals surface area contributed by atoms with Crippen LogP contribution in [-0.4, -0.2) is 53.1 Å². The Morgan fingerprint density at radius 2 is 1.72 bits per heavy atom. The zero-order chi connectivity index (χ0) is 18.7. The lowest BCUT2D eigenvalue weighted by atomic mass is 10.1. The Kier molecular flexibility index (Phi) is 6.47. The Bertz CT molecular complexity index is 813. The molecule has 25 heavy (non-hydrogen) atoms. The van der Waals surface area contributed by atoms with Gasteiger partial charge in [-0.2, -0.15) is 0 Å². The van der Waals surface area contributed by atoms with Crippen LogP contribution in [0.3, 0.4) is 0 Å². The number of rotatable bonds is 8. The van der Waals surface area contributed by atoms with Crippen LogP contribution in [0.5, 0.6) is 5.75 Å². The largest absolute Gasteiger partial charge is 0.494 e. The summed E-state index contributed by atoms with van der Waals surface area (Å²) in [5.41, 5.74) is 1.28. The number of hydrogen-bond acceptors (Lipinski definition) is 5. The number of sulfonamides is 2. The van der Waals surface area contributed by atoms with Crippen LogP contribution in [0.4, 0.5) is 0 Å². The van der Waals surface area contributed by atoms with Crippen molar-refractivity contribution in [2.75, 3.05) is 32.0 Å². The van der Waals surface area contributed by atoms with Gasteiger partial charge in [-0.3, -0.25) is 0 Å². The molecule has 0 aromatic heterocycles. The number of nitrogens with one attached hydrogen (secondary N) is 1. The van der Waals surface area contributed by atoms with Crippen molar-refractivity contribution in [3.63, 3.8) is 0 Å². The van der Waals surface area contributed by atoms with E-state index < -0.39 is 20.0 Å². The van der Waals surface area contributed by atoms with E-state index >= 15 is 0 Å². The molecule has 1 aliphatic heterocycles. The summed E-state index contributed by atoms with van der Waals surface area (Å²) >= 11 is 0. The van der Waals surface area contributed by atoms with Crippen LogP contribution in [0.25, 0.3) is 0 Å². The smallest absolute Gasteiger partial charge is 0.240 e. The van der Waals surface area contributed by atoms with Gasteiger partial charge in [0.05, 0.1) is 17.3 Å². The standard InChI is InChI=1S/C16H26N2O5S2/c1-4-23-15-11-14(3)16(12-13(15)2)25(21,22)17-7-10-24(19,20)18-8-5-6-9-18/h11-12,17H,4-10H2,1-3H3. The average molecular weight is 391 g/mol. The normalized spacial score (nSPS) is 16.3. The van der Waals surface area contributed by atoms with Gasteiger partial charge in [0, 0.05) is 19.6 Å². The second-order valence-corrected chi connectivity index (χ2v) is 9.96. The molecule has 1 aromatic rings. The summed E-state index contributed by atoms with van der Waals surface area (Å²) in [6, 6.07) is 3.24. The van der Waals surface area contributed by atoms with Crippen LogP contribution in [0.2, 0.25) is 0 Å². The first kappa shape index (κ1) is 20.2. The van der Waals surface area contributed by atoms with E-state index in [1.165, 1.54) is 4.31 Å². The molecule has 0 amide bonds. The third-order valence-corrected chi connectivity index (χ3v) is 7.65. The number of benzene rings is 1. The molecule has 1 fully saturated rings. The summed E-state index contributed by atoms with van der Waals surface area (Å²) in [5, 5.41) is 0. The molecule has 0 spiro atoms. The van der Waals surface area contributed by atoms with Crippen molar-refractivity contribution >= 4 is 20.0 Å². The van der Waals surface area contributed by atoms with Gasteiger partial charge in [-0.05, 0) is 56.9 Å². The molecule has 1 saturated heterocycles. The van der Waals surface area contributed by atoms with Gasteiger partial charge in [0.25, 0.3) is 0 Å². The minimum Gasteiger partial charge on any atom is -0.494 e. The zero-order valence-electron chi connectivity index (χ0n) is 14.9. The first-order valence-electron chi connectivity index (χ1n) is 8.39. The van der Waals surface area contributed by atoms with Crippen molar-refractivity contribution in [1.29, 1.82) is 0 Å². The molecule has 1 aliphatic rings. The Morgan fingerprint density at radius 1 is 1.08 bits per heavy atom. The third kappa shape index (κ3) is 4.93. The second kappa shape index (κ2) is 8.03. The fourth-order valence-corrected chi connectivity index (χ4v) is 5.74. The van der Waals surface area contributed by atoms with Crippen LogP contribution in [-0.2, 0) is 20.0 Å². The lowest BCUT2D eigenvalue weighted by molar-refractivity contribution is 0.337. The van der Waals surface area contributed by atoms with E-state index in [9.17, 15) is 16.8 Å². The van der Waals surface area contributed by atoms with E-state index in [4.69, 9.17) is 4.74 Å². The Morgan fingerprint density at radius 3 is 2.32 bits per heavy atom. The average Bonchev–Trinajstić information content (AvgIpc) is 3.05. The molecule has 0 radical (unpaired) electrons. The lowest BCUT2D eigenvalue weighted by Gasteiger charge is -2.16. The molecule has 0 aliphatic carbocycles. The monoisotopic (exact) mass is 390 g/mol. The van der Waals surface area contributed by atoms with Gasteiger partial charge in [-0.15, -0.1) is 0 Å². The van der Waals surface area contributed by atoms with Crippen molar-refractivity contribution in [2.24, 2.45) is 0 Å². The van der Waals surface area contributed by atoms with E-state index in [0.717, 1.165) is 18.4 Å². The van der Waals surface area contributed by atoms with Gasteiger partial charge in [-0.25, -0.2) is 25.9 Å². The third-order valence-electron chi connectivity index (χ3n) is 4.17. The molecule has 1 aromatic carbocycles. The summed E-state index contributed by atoms with van der Waals surface area (Å²) in [5.74, 6) is 0.414. The number of ether oxygens (including phenoxy) is 1. The highest BCUT2D eigenvalue weighted by Gasteiger charge is 2.26. The first-order valence-corrected chi connectivity index (χ1v) is 11.5. The predicted molar refractivity (Wildman–Crippen MR) is 96.9 cm³/mol. The molecule has 9 heteroatoms. The van der Waals surface area contributed by atoms with Crippen LogP contribution >= 0.6 is 0 Å². The quantitative estimate of drug-likeness (QED) is 0.724. The van der Waals surface area contributed by atoms with Crippen molar-refractivity contribution in [2.45, 2.75) is 38.5 Å². The molecular formula is C16H26N2O5S2. The minimum atomic E-state index is -3.78.